The average molecular weight is 319 g/mol. The number of piperidine rings is 1. The van der Waals surface area contributed by atoms with E-state index in [1.165, 1.54) is 0 Å². The van der Waals surface area contributed by atoms with Crippen molar-refractivity contribution in [1.29, 1.82) is 0 Å². The molecule has 1 fully saturated rings. The number of amides is 2. The molecule has 0 atom stereocenters. The van der Waals surface area contributed by atoms with Crippen LogP contribution in [0.3, 0.4) is 0 Å². The molecule has 0 aliphatic carbocycles. The van der Waals surface area contributed by atoms with Gasteiger partial charge in [-0.1, -0.05) is 18.2 Å². The highest BCUT2D eigenvalue weighted by molar-refractivity contribution is 5.79. The SMILES string of the molecule is CNC(=O)C1CCN(CC(=O)NCc2ccccc2OC)CC1. The van der Waals surface area contributed by atoms with E-state index in [0.717, 1.165) is 37.2 Å². The van der Waals surface area contributed by atoms with Gasteiger partial charge in [-0.15, -0.1) is 0 Å². The van der Waals surface area contributed by atoms with Crippen LogP contribution in [0.25, 0.3) is 0 Å². The van der Waals surface area contributed by atoms with Crippen LogP contribution in [0, 0.1) is 5.92 Å². The number of ether oxygens (including phenoxy) is 1. The van der Waals surface area contributed by atoms with Crippen molar-refractivity contribution < 1.29 is 14.3 Å². The largest absolute Gasteiger partial charge is 0.496 e. The highest BCUT2D eigenvalue weighted by atomic mass is 16.5. The monoisotopic (exact) mass is 319 g/mol. The number of hydrogen-bond acceptors (Lipinski definition) is 4. The minimum Gasteiger partial charge on any atom is -0.496 e. The summed E-state index contributed by atoms with van der Waals surface area (Å²) in [5.74, 6) is 0.951. The molecular formula is C17H25N3O3. The number of methoxy groups -OCH3 is 1. The zero-order valence-corrected chi connectivity index (χ0v) is 13.8. The van der Waals surface area contributed by atoms with Crippen LogP contribution in [0.1, 0.15) is 18.4 Å². The quantitative estimate of drug-likeness (QED) is 0.812. The number of hydrogen-bond donors (Lipinski definition) is 2. The molecule has 2 rings (SSSR count). The number of carbonyl (C=O) groups excluding carboxylic acids is 2. The Morgan fingerprint density at radius 2 is 1.96 bits per heavy atom. The molecule has 6 nitrogen and oxygen atoms in total. The maximum atomic E-state index is 12.1. The van der Waals surface area contributed by atoms with Gasteiger partial charge in [0.05, 0.1) is 13.7 Å². The molecule has 0 bridgehead atoms. The Morgan fingerprint density at radius 3 is 2.61 bits per heavy atom. The second kappa shape index (κ2) is 8.53. The van der Waals surface area contributed by atoms with Gasteiger partial charge in [0.15, 0.2) is 0 Å². The summed E-state index contributed by atoms with van der Waals surface area (Å²) in [6, 6.07) is 7.65. The number of nitrogens with zero attached hydrogens (tertiary/aromatic N) is 1. The topological polar surface area (TPSA) is 70.7 Å². The molecule has 0 aromatic heterocycles. The Hall–Kier alpha value is -2.08. The van der Waals surface area contributed by atoms with E-state index < -0.39 is 0 Å². The van der Waals surface area contributed by atoms with Crippen LogP contribution in [0.4, 0.5) is 0 Å². The van der Waals surface area contributed by atoms with Crippen molar-refractivity contribution in [2.45, 2.75) is 19.4 Å². The number of rotatable bonds is 6. The van der Waals surface area contributed by atoms with Crippen molar-refractivity contribution in [2.75, 3.05) is 33.8 Å². The third-order valence-corrected chi connectivity index (χ3v) is 4.24. The molecule has 1 aromatic carbocycles. The summed E-state index contributed by atoms with van der Waals surface area (Å²) in [7, 11) is 3.29. The highest BCUT2D eigenvalue weighted by Gasteiger charge is 2.25. The lowest BCUT2D eigenvalue weighted by molar-refractivity contribution is -0.126. The third kappa shape index (κ3) is 4.96. The number of nitrogens with one attached hydrogen (secondary N) is 2. The number of likely N-dealkylation sites (tertiary alicyclic amines) is 1. The van der Waals surface area contributed by atoms with E-state index in [2.05, 4.69) is 15.5 Å². The maximum Gasteiger partial charge on any atom is 0.234 e. The van der Waals surface area contributed by atoms with E-state index in [1.54, 1.807) is 14.2 Å². The van der Waals surface area contributed by atoms with Crippen molar-refractivity contribution in [2.24, 2.45) is 5.92 Å². The summed E-state index contributed by atoms with van der Waals surface area (Å²) < 4.78 is 5.27. The van der Waals surface area contributed by atoms with Crippen LogP contribution in [0.2, 0.25) is 0 Å². The second-order valence-electron chi connectivity index (χ2n) is 5.75. The Balaban J connectivity index is 1.74. The number of carbonyl (C=O) groups is 2. The van der Waals surface area contributed by atoms with Crippen LogP contribution < -0.4 is 15.4 Å². The fourth-order valence-corrected chi connectivity index (χ4v) is 2.86. The van der Waals surface area contributed by atoms with Crippen molar-refractivity contribution in [3.63, 3.8) is 0 Å². The number of para-hydroxylation sites is 1. The van der Waals surface area contributed by atoms with Gasteiger partial charge in [-0.05, 0) is 32.0 Å². The Bertz CT molecular complexity index is 540. The molecule has 23 heavy (non-hydrogen) atoms. The molecule has 1 saturated heterocycles. The van der Waals surface area contributed by atoms with E-state index in [4.69, 9.17) is 4.74 Å². The van der Waals surface area contributed by atoms with Gasteiger partial charge in [0.2, 0.25) is 11.8 Å². The molecule has 0 unspecified atom stereocenters. The van der Waals surface area contributed by atoms with E-state index in [0.29, 0.717) is 13.1 Å². The van der Waals surface area contributed by atoms with Gasteiger partial charge in [0, 0.05) is 25.1 Å². The van der Waals surface area contributed by atoms with Crippen molar-refractivity contribution in [1.82, 2.24) is 15.5 Å². The average Bonchev–Trinajstić information content (AvgIpc) is 2.60. The van der Waals surface area contributed by atoms with Crippen LogP contribution >= 0.6 is 0 Å². The molecule has 6 heteroatoms. The van der Waals surface area contributed by atoms with E-state index in [1.807, 2.05) is 24.3 Å². The summed E-state index contributed by atoms with van der Waals surface area (Å²) in [6.45, 7) is 2.38. The molecular weight excluding hydrogens is 294 g/mol. The molecule has 1 aliphatic heterocycles. The Morgan fingerprint density at radius 1 is 1.26 bits per heavy atom. The van der Waals surface area contributed by atoms with Crippen LogP contribution in [0.5, 0.6) is 5.75 Å². The zero-order valence-electron chi connectivity index (χ0n) is 13.8. The first-order valence-corrected chi connectivity index (χ1v) is 7.96. The first-order chi connectivity index (χ1) is 11.1. The molecule has 2 N–H and O–H groups in total. The molecule has 1 aliphatic rings. The van der Waals surface area contributed by atoms with Gasteiger partial charge >= 0.3 is 0 Å². The summed E-state index contributed by atoms with van der Waals surface area (Å²) in [5, 5.41) is 5.62. The minimum absolute atomic E-state index is 0.00528. The van der Waals surface area contributed by atoms with Gasteiger partial charge in [-0.3, -0.25) is 14.5 Å². The van der Waals surface area contributed by atoms with Gasteiger partial charge in [0.25, 0.3) is 0 Å². The van der Waals surface area contributed by atoms with Crippen molar-refractivity contribution in [3.05, 3.63) is 29.8 Å². The molecule has 0 spiro atoms. The lowest BCUT2D eigenvalue weighted by Crippen LogP contribution is -2.43. The summed E-state index contributed by atoms with van der Waals surface area (Å²) in [6.07, 6.45) is 1.61. The Labute approximate surface area is 137 Å². The maximum absolute atomic E-state index is 12.1. The molecule has 1 heterocycles. The fourth-order valence-electron chi connectivity index (χ4n) is 2.86. The molecule has 1 aromatic rings. The van der Waals surface area contributed by atoms with Gasteiger partial charge < -0.3 is 15.4 Å². The van der Waals surface area contributed by atoms with Crippen LogP contribution in [0.15, 0.2) is 24.3 Å². The van der Waals surface area contributed by atoms with Crippen molar-refractivity contribution in [3.8, 4) is 5.75 Å². The molecule has 2 amide bonds. The lowest BCUT2D eigenvalue weighted by atomic mass is 9.96. The Kier molecular flexibility index (Phi) is 6.40. The van der Waals surface area contributed by atoms with E-state index >= 15 is 0 Å². The van der Waals surface area contributed by atoms with E-state index in [9.17, 15) is 9.59 Å². The van der Waals surface area contributed by atoms with Gasteiger partial charge in [0.1, 0.15) is 5.75 Å². The van der Waals surface area contributed by atoms with Crippen LogP contribution in [-0.4, -0.2) is 50.5 Å². The fraction of sp³-hybridized carbons (Fsp3) is 0.529. The first-order valence-electron chi connectivity index (χ1n) is 7.96. The molecule has 0 saturated carbocycles. The van der Waals surface area contributed by atoms with E-state index in [-0.39, 0.29) is 17.7 Å². The normalized spacial score (nSPS) is 15.9. The predicted octanol–water partition coefficient (Wildman–Crippen LogP) is 0.769. The summed E-state index contributed by atoms with van der Waals surface area (Å²) in [4.78, 5) is 25.8. The standard InChI is InChI=1S/C17H25N3O3/c1-18-17(22)13-7-9-20(10-8-13)12-16(21)19-11-14-5-3-4-6-15(14)23-2/h3-6,13H,7-12H2,1-2H3,(H,18,22)(H,19,21). The highest BCUT2D eigenvalue weighted by Crippen LogP contribution is 2.18. The summed E-state index contributed by atoms with van der Waals surface area (Å²) in [5.41, 5.74) is 0.960. The third-order valence-electron chi connectivity index (χ3n) is 4.24. The zero-order chi connectivity index (χ0) is 16.7. The predicted molar refractivity (Wildman–Crippen MR) is 88.1 cm³/mol. The molecule has 126 valence electrons. The van der Waals surface area contributed by atoms with Crippen molar-refractivity contribution >= 4 is 11.8 Å². The van der Waals surface area contributed by atoms with Gasteiger partial charge in [-0.2, -0.15) is 0 Å². The number of benzene rings is 1. The molecule has 0 radical (unpaired) electrons. The van der Waals surface area contributed by atoms with Gasteiger partial charge in [-0.25, -0.2) is 0 Å². The van der Waals surface area contributed by atoms with Crippen LogP contribution in [-0.2, 0) is 16.1 Å². The first kappa shape index (κ1) is 17.3. The lowest BCUT2D eigenvalue weighted by Gasteiger charge is -2.30. The smallest absolute Gasteiger partial charge is 0.234 e. The minimum atomic E-state index is -0.00528. The second-order valence-corrected chi connectivity index (χ2v) is 5.75. The summed E-state index contributed by atoms with van der Waals surface area (Å²) >= 11 is 0.